The van der Waals surface area contributed by atoms with Crippen LogP contribution in [0.15, 0.2) is 36.4 Å². The Balaban J connectivity index is 1.45. The van der Waals surface area contributed by atoms with Gasteiger partial charge in [-0.15, -0.1) is 0 Å². The van der Waals surface area contributed by atoms with E-state index in [4.69, 9.17) is 0 Å². The van der Waals surface area contributed by atoms with E-state index in [0.29, 0.717) is 12.2 Å². The summed E-state index contributed by atoms with van der Waals surface area (Å²) in [6.07, 6.45) is 4.65. The van der Waals surface area contributed by atoms with E-state index in [1.165, 1.54) is 36.1 Å². The molecule has 1 saturated heterocycles. The average molecular weight is 435 g/mol. The van der Waals surface area contributed by atoms with E-state index in [9.17, 15) is 9.59 Å². The van der Waals surface area contributed by atoms with Crippen LogP contribution in [0.3, 0.4) is 0 Å². The Kier molecular flexibility index (Phi) is 6.80. The van der Waals surface area contributed by atoms with Gasteiger partial charge >= 0.3 is 11.8 Å². The highest BCUT2D eigenvalue weighted by Gasteiger charge is 2.26. The minimum Gasteiger partial charge on any atom is -0.374 e. The molecule has 2 aliphatic rings. The van der Waals surface area contributed by atoms with Crippen LogP contribution in [0.5, 0.6) is 0 Å². The Bertz CT molecular complexity index is 997. The third-order valence-electron chi connectivity index (χ3n) is 6.74. The first-order chi connectivity index (χ1) is 15.4. The number of hydrogen-bond donors (Lipinski definition) is 2. The number of fused-ring (bicyclic) bond motifs is 1. The van der Waals surface area contributed by atoms with Gasteiger partial charge in [-0.05, 0) is 75.0 Å². The molecule has 4 rings (SSSR count). The summed E-state index contributed by atoms with van der Waals surface area (Å²) in [6.45, 7) is 7.44. The predicted molar refractivity (Wildman–Crippen MR) is 129 cm³/mol. The van der Waals surface area contributed by atoms with Crippen molar-refractivity contribution in [3.63, 3.8) is 0 Å². The van der Waals surface area contributed by atoms with Crippen molar-refractivity contribution in [3.8, 4) is 0 Å². The lowest BCUT2D eigenvalue weighted by atomic mass is 9.98. The summed E-state index contributed by atoms with van der Waals surface area (Å²) in [6, 6.07) is 12.5. The number of benzene rings is 2. The molecule has 1 unspecified atom stereocenters. The van der Waals surface area contributed by atoms with E-state index in [1.54, 1.807) is 0 Å². The summed E-state index contributed by atoms with van der Waals surface area (Å²) >= 11 is 0. The van der Waals surface area contributed by atoms with Crippen LogP contribution in [0.2, 0.25) is 0 Å². The maximum absolute atomic E-state index is 12.6. The fourth-order valence-electron chi connectivity index (χ4n) is 4.88. The standard InChI is InChI=1S/C26H34N4O2/c1-18-7-9-22(19(2)15-18)28-26(32)25(31)27-17-24(30-12-5-4-6-13-30)20-8-10-23-21(16-20)11-14-29(23)3/h7-10,15-16,24H,4-6,11-14,17H2,1-3H3,(H,27,31)(H,28,32). The molecule has 1 atom stereocenters. The van der Waals surface area contributed by atoms with Gasteiger partial charge in [0.25, 0.3) is 0 Å². The monoisotopic (exact) mass is 434 g/mol. The van der Waals surface area contributed by atoms with Gasteiger partial charge in [0.15, 0.2) is 0 Å². The molecule has 170 valence electrons. The van der Waals surface area contributed by atoms with Crippen molar-refractivity contribution in [2.45, 2.75) is 45.6 Å². The van der Waals surface area contributed by atoms with Crippen molar-refractivity contribution in [3.05, 3.63) is 58.7 Å². The fourth-order valence-corrected chi connectivity index (χ4v) is 4.88. The largest absolute Gasteiger partial charge is 0.374 e. The molecule has 2 aromatic rings. The van der Waals surface area contributed by atoms with E-state index in [0.717, 1.165) is 37.2 Å². The first-order valence-corrected chi connectivity index (χ1v) is 11.7. The highest BCUT2D eigenvalue weighted by molar-refractivity contribution is 6.39. The summed E-state index contributed by atoms with van der Waals surface area (Å²) in [5.41, 5.74) is 6.62. The van der Waals surface area contributed by atoms with Crippen molar-refractivity contribution in [2.75, 3.05) is 43.4 Å². The van der Waals surface area contributed by atoms with Gasteiger partial charge in [0.2, 0.25) is 0 Å². The summed E-state index contributed by atoms with van der Waals surface area (Å²) in [4.78, 5) is 29.9. The van der Waals surface area contributed by atoms with Gasteiger partial charge in [-0.2, -0.15) is 0 Å². The predicted octanol–water partition coefficient (Wildman–Crippen LogP) is 3.58. The van der Waals surface area contributed by atoms with E-state index in [1.807, 2.05) is 32.0 Å². The second-order valence-electron chi connectivity index (χ2n) is 9.15. The van der Waals surface area contributed by atoms with Crippen LogP contribution in [0, 0.1) is 13.8 Å². The number of carbonyl (C=O) groups is 2. The van der Waals surface area contributed by atoms with Crippen molar-refractivity contribution in [2.24, 2.45) is 0 Å². The normalized spacial score (nSPS) is 17.0. The number of nitrogens with zero attached hydrogens (tertiary/aromatic N) is 2. The Morgan fingerprint density at radius 3 is 2.50 bits per heavy atom. The van der Waals surface area contributed by atoms with Crippen LogP contribution < -0.4 is 15.5 Å². The van der Waals surface area contributed by atoms with Gasteiger partial charge in [0, 0.05) is 31.5 Å². The molecule has 2 aromatic carbocycles. The van der Waals surface area contributed by atoms with E-state index < -0.39 is 11.8 Å². The molecule has 2 aliphatic heterocycles. The third kappa shape index (κ3) is 4.96. The topological polar surface area (TPSA) is 64.7 Å². The molecule has 0 radical (unpaired) electrons. The first-order valence-electron chi connectivity index (χ1n) is 11.7. The lowest BCUT2D eigenvalue weighted by Crippen LogP contribution is -2.43. The smallest absolute Gasteiger partial charge is 0.313 e. The Morgan fingerprint density at radius 1 is 0.969 bits per heavy atom. The van der Waals surface area contributed by atoms with Gasteiger partial charge in [-0.25, -0.2) is 0 Å². The number of likely N-dealkylation sites (tertiary alicyclic amines) is 1. The summed E-state index contributed by atoms with van der Waals surface area (Å²) in [5, 5.41) is 5.65. The number of anilines is 2. The number of piperidine rings is 1. The molecule has 0 saturated carbocycles. The van der Waals surface area contributed by atoms with E-state index >= 15 is 0 Å². The summed E-state index contributed by atoms with van der Waals surface area (Å²) in [5.74, 6) is -1.21. The molecule has 2 N–H and O–H groups in total. The zero-order chi connectivity index (χ0) is 22.7. The molecule has 0 aliphatic carbocycles. The van der Waals surface area contributed by atoms with Gasteiger partial charge in [-0.3, -0.25) is 14.5 Å². The molecular weight excluding hydrogens is 400 g/mol. The molecule has 0 bridgehead atoms. The molecule has 0 spiro atoms. The number of carbonyl (C=O) groups excluding carboxylic acids is 2. The molecule has 6 heteroatoms. The highest BCUT2D eigenvalue weighted by Crippen LogP contribution is 2.32. The number of amides is 2. The molecular formula is C26H34N4O2. The molecule has 32 heavy (non-hydrogen) atoms. The first kappa shape index (κ1) is 22.3. The van der Waals surface area contributed by atoms with Crippen LogP contribution in [0.25, 0.3) is 0 Å². The SMILES string of the molecule is Cc1ccc(NC(=O)C(=O)NCC(c2ccc3c(c2)CCN3C)N2CCCCC2)c(C)c1. The molecule has 1 fully saturated rings. The van der Waals surface area contributed by atoms with Crippen LogP contribution >= 0.6 is 0 Å². The van der Waals surface area contributed by atoms with E-state index in [-0.39, 0.29) is 6.04 Å². The molecule has 6 nitrogen and oxygen atoms in total. The second kappa shape index (κ2) is 9.74. The summed E-state index contributed by atoms with van der Waals surface area (Å²) in [7, 11) is 2.13. The average Bonchev–Trinajstić information content (AvgIpc) is 3.16. The minimum absolute atomic E-state index is 0.0735. The zero-order valence-electron chi connectivity index (χ0n) is 19.4. The number of rotatable bonds is 5. The second-order valence-corrected chi connectivity index (χ2v) is 9.15. The maximum atomic E-state index is 12.6. The quantitative estimate of drug-likeness (QED) is 0.706. The van der Waals surface area contributed by atoms with Gasteiger partial charge in [-0.1, -0.05) is 36.2 Å². The van der Waals surface area contributed by atoms with Gasteiger partial charge in [0.1, 0.15) is 0 Å². The molecule has 0 aromatic heterocycles. The van der Waals surface area contributed by atoms with Crippen molar-refractivity contribution in [1.82, 2.24) is 10.2 Å². The van der Waals surface area contributed by atoms with Crippen LogP contribution in [-0.4, -0.2) is 49.9 Å². The van der Waals surface area contributed by atoms with Crippen molar-refractivity contribution in [1.29, 1.82) is 0 Å². The van der Waals surface area contributed by atoms with Crippen LogP contribution in [0.4, 0.5) is 11.4 Å². The van der Waals surface area contributed by atoms with E-state index in [2.05, 4.69) is 45.7 Å². The highest BCUT2D eigenvalue weighted by atomic mass is 16.2. The Hall–Kier alpha value is -2.86. The lowest BCUT2D eigenvalue weighted by molar-refractivity contribution is -0.136. The minimum atomic E-state index is -0.620. The van der Waals surface area contributed by atoms with Crippen molar-refractivity contribution >= 4 is 23.2 Å². The fraction of sp³-hybridized carbons (Fsp3) is 0.462. The van der Waals surface area contributed by atoms with Crippen LogP contribution in [-0.2, 0) is 16.0 Å². The van der Waals surface area contributed by atoms with Crippen LogP contribution in [0.1, 0.15) is 47.6 Å². The Labute approximate surface area is 191 Å². The third-order valence-corrected chi connectivity index (χ3v) is 6.74. The van der Waals surface area contributed by atoms with Gasteiger partial charge in [0.05, 0.1) is 6.04 Å². The van der Waals surface area contributed by atoms with Gasteiger partial charge < -0.3 is 15.5 Å². The number of hydrogen-bond acceptors (Lipinski definition) is 4. The molecule has 2 heterocycles. The number of nitrogens with one attached hydrogen (secondary N) is 2. The Morgan fingerprint density at radius 2 is 1.75 bits per heavy atom. The lowest BCUT2D eigenvalue weighted by Gasteiger charge is -2.35. The molecule has 2 amide bonds. The zero-order valence-corrected chi connectivity index (χ0v) is 19.4. The van der Waals surface area contributed by atoms with Crippen molar-refractivity contribution < 1.29 is 9.59 Å². The number of aryl methyl sites for hydroxylation is 2. The summed E-state index contributed by atoms with van der Waals surface area (Å²) < 4.78 is 0. The maximum Gasteiger partial charge on any atom is 0.313 e. The number of likely N-dealkylation sites (N-methyl/N-ethyl adjacent to an activating group) is 1.